The molecule has 31 heavy (non-hydrogen) atoms. The molecule has 0 aliphatic heterocycles. The molecule has 8 heteroatoms. The summed E-state index contributed by atoms with van der Waals surface area (Å²) in [5, 5.41) is 16.5. The molecule has 0 bridgehead atoms. The van der Waals surface area contributed by atoms with E-state index in [2.05, 4.69) is 15.6 Å². The Bertz CT molecular complexity index is 836. The van der Waals surface area contributed by atoms with Crippen LogP contribution in [0, 0.1) is 0 Å². The summed E-state index contributed by atoms with van der Waals surface area (Å²) in [6, 6.07) is 10.3. The topological polar surface area (TPSA) is 83.5 Å². The number of halogens is 2. The molecule has 0 radical (unpaired) electrons. The van der Waals surface area contributed by atoms with Gasteiger partial charge in [-0.15, -0.1) is 0 Å². The molecule has 1 amide bonds. The second kappa shape index (κ2) is 10.6. The molecular weight excluding hydrogens is 404 g/mol. The van der Waals surface area contributed by atoms with Gasteiger partial charge < -0.3 is 20.5 Å². The number of aliphatic hydroxyl groups is 1. The fourth-order valence-electron chi connectivity index (χ4n) is 2.94. The summed E-state index contributed by atoms with van der Waals surface area (Å²) in [6.07, 6.45) is 1.49. The summed E-state index contributed by atoms with van der Waals surface area (Å²) in [5.41, 5.74) is 0.695. The molecule has 1 aromatic heterocycles. The standard InChI is InChI=1S/C23H31F2N3O3/c1-22(2,3)31-21(30)28-19(11-16-8-6-5-7-9-16)20(29)15-27-13-17-10-18(14-26-12-17)23(4,24)25/h5-10,12,14,19-20,27,29H,11,13,15H2,1-4H3,(H,28,30)/t19-,20+/m0/s1. The molecule has 3 N–H and O–H groups in total. The molecular formula is C23H31F2N3O3. The minimum absolute atomic E-state index is 0.139. The van der Waals surface area contributed by atoms with Crippen molar-refractivity contribution in [2.45, 2.75) is 64.3 Å². The van der Waals surface area contributed by atoms with Gasteiger partial charge in [-0.3, -0.25) is 4.98 Å². The van der Waals surface area contributed by atoms with E-state index in [1.165, 1.54) is 12.3 Å². The number of aromatic nitrogens is 1. The Morgan fingerprint density at radius 1 is 1.13 bits per heavy atom. The van der Waals surface area contributed by atoms with Crippen molar-refractivity contribution in [3.05, 3.63) is 65.5 Å². The number of hydrogen-bond acceptors (Lipinski definition) is 5. The quantitative estimate of drug-likeness (QED) is 0.558. The average molecular weight is 436 g/mol. The van der Waals surface area contributed by atoms with Crippen LogP contribution >= 0.6 is 0 Å². The Balaban J connectivity index is 1.99. The maximum absolute atomic E-state index is 13.5. The van der Waals surface area contributed by atoms with Crippen molar-refractivity contribution in [1.82, 2.24) is 15.6 Å². The van der Waals surface area contributed by atoms with E-state index in [0.717, 1.165) is 18.7 Å². The minimum atomic E-state index is -2.97. The van der Waals surface area contributed by atoms with Crippen LogP contribution in [0.25, 0.3) is 0 Å². The van der Waals surface area contributed by atoms with Crippen molar-refractivity contribution in [3.63, 3.8) is 0 Å². The molecule has 0 spiro atoms. The van der Waals surface area contributed by atoms with E-state index in [1.807, 2.05) is 30.3 Å². The van der Waals surface area contributed by atoms with Gasteiger partial charge in [-0.25, -0.2) is 13.6 Å². The summed E-state index contributed by atoms with van der Waals surface area (Å²) >= 11 is 0. The smallest absolute Gasteiger partial charge is 0.407 e. The van der Waals surface area contributed by atoms with Crippen molar-refractivity contribution in [1.29, 1.82) is 0 Å². The average Bonchev–Trinajstić information content (AvgIpc) is 2.66. The fourth-order valence-corrected chi connectivity index (χ4v) is 2.94. The van der Waals surface area contributed by atoms with E-state index in [-0.39, 0.29) is 18.7 Å². The van der Waals surface area contributed by atoms with Gasteiger partial charge in [0.1, 0.15) is 5.60 Å². The van der Waals surface area contributed by atoms with Crippen LogP contribution in [0.4, 0.5) is 13.6 Å². The number of pyridine rings is 1. The van der Waals surface area contributed by atoms with E-state index in [4.69, 9.17) is 4.74 Å². The highest BCUT2D eigenvalue weighted by atomic mass is 19.3. The first-order chi connectivity index (χ1) is 14.4. The van der Waals surface area contributed by atoms with Crippen molar-refractivity contribution < 1.29 is 23.4 Å². The van der Waals surface area contributed by atoms with E-state index < -0.39 is 29.8 Å². The molecule has 0 fully saturated rings. The van der Waals surface area contributed by atoms with Crippen molar-refractivity contribution >= 4 is 6.09 Å². The van der Waals surface area contributed by atoms with E-state index >= 15 is 0 Å². The highest BCUT2D eigenvalue weighted by molar-refractivity contribution is 5.68. The lowest BCUT2D eigenvalue weighted by Crippen LogP contribution is -2.49. The molecule has 6 nitrogen and oxygen atoms in total. The lowest BCUT2D eigenvalue weighted by molar-refractivity contribution is 0.0170. The number of amides is 1. The number of aliphatic hydroxyl groups excluding tert-OH is 1. The molecule has 0 saturated heterocycles. The Kier molecular flexibility index (Phi) is 8.47. The van der Waals surface area contributed by atoms with Crippen LogP contribution in [0.3, 0.4) is 0 Å². The number of hydrogen-bond donors (Lipinski definition) is 3. The molecule has 0 unspecified atom stereocenters. The number of alkyl halides is 2. The first-order valence-electron chi connectivity index (χ1n) is 10.2. The fraction of sp³-hybridized carbons (Fsp3) is 0.478. The van der Waals surface area contributed by atoms with E-state index in [9.17, 15) is 18.7 Å². The van der Waals surface area contributed by atoms with Gasteiger partial charge in [0.25, 0.3) is 5.92 Å². The predicted molar refractivity (Wildman–Crippen MR) is 115 cm³/mol. The van der Waals surface area contributed by atoms with Gasteiger partial charge in [0.2, 0.25) is 0 Å². The van der Waals surface area contributed by atoms with Crippen LogP contribution in [0.1, 0.15) is 44.4 Å². The third kappa shape index (κ3) is 8.98. The highest BCUT2D eigenvalue weighted by Crippen LogP contribution is 2.26. The number of nitrogens with zero attached hydrogens (tertiary/aromatic N) is 1. The van der Waals surface area contributed by atoms with Gasteiger partial charge in [-0.2, -0.15) is 0 Å². The molecule has 1 aromatic carbocycles. The van der Waals surface area contributed by atoms with Crippen molar-refractivity contribution in [2.24, 2.45) is 0 Å². The predicted octanol–water partition coefficient (Wildman–Crippen LogP) is 3.78. The monoisotopic (exact) mass is 435 g/mol. The van der Waals surface area contributed by atoms with Gasteiger partial charge in [0.05, 0.1) is 12.1 Å². The third-order valence-corrected chi connectivity index (χ3v) is 4.45. The Morgan fingerprint density at radius 3 is 2.42 bits per heavy atom. The maximum Gasteiger partial charge on any atom is 0.407 e. The van der Waals surface area contributed by atoms with E-state index in [0.29, 0.717) is 12.0 Å². The second-order valence-electron chi connectivity index (χ2n) is 8.61. The summed E-state index contributed by atoms with van der Waals surface area (Å²) < 4.78 is 32.3. The molecule has 0 saturated carbocycles. The zero-order valence-electron chi connectivity index (χ0n) is 18.4. The van der Waals surface area contributed by atoms with Gasteiger partial charge in [-0.1, -0.05) is 30.3 Å². The number of carbonyl (C=O) groups is 1. The lowest BCUT2D eigenvalue weighted by atomic mass is 10.0. The molecule has 0 aliphatic rings. The lowest BCUT2D eigenvalue weighted by Gasteiger charge is -2.27. The van der Waals surface area contributed by atoms with Crippen molar-refractivity contribution in [2.75, 3.05) is 6.54 Å². The van der Waals surface area contributed by atoms with Crippen molar-refractivity contribution in [3.8, 4) is 0 Å². The number of nitrogens with one attached hydrogen (secondary N) is 2. The summed E-state index contributed by atoms with van der Waals surface area (Å²) in [6.45, 7) is 6.50. The van der Waals surface area contributed by atoms with Crippen LogP contribution in [-0.4, -0.2) is 40.5 Å². The second-order valence-corrected chi connectivity index (χ2v) is 8.61. The molecule has 0 aliphatic carbocycles. The Hall–Kier alpha value is -2.58. The number of rotatable bonds is 9. The van der Waals surface area contributed by atoms with Gasteiger partial charge >= 0.3 is 6.09 Å². The molecule has 2 atom stereocenters. The number of alkyl carbamates (subject to hydrolysis) is 1. The minimum Gasteiger partial charge on any atom is -0.444 e. The first-order valence-corrected chi connectivity index (χ1v) is 10.2. The number of carbonyl (C=O) groups excluding carboxylic acids is 1. The van der Waals surface area contributed by atoms with Gasteiger partial charge in [0, 0.05) is 38.0 Å². The molecule has 2 aromatic rings. The summed E-state index contributed by atoms with van der Waals surface area (Å²) in [7, 11) is 0. The highest BCUT2D eigenvalue weighted by Gasteiger charge is 2.26. The van der Waals surface area contributed by atoms with Crippen LogP contribution in [0.2, 0.25) is 0 Å². The van der Waals surface area contributed by atoms with Gasteiger partial charge in [-0.05, 0) is 44.4 Å². The maximum atomic E-state index is 13.5. The van der Waals surface area contributed by atoms with Crippen LogP contribution < -0.4 is 10.6 Å². The zero-order chi connectivity index (χ0) is 23.1. The summed E-state index contributed by atoms with van der Waals surface area (Å²) in [5.74, 6) is -2.97. The van der Waals surface area contributed by atoms with Crippen LogP contribution in [0.15, 0.2) is 48.8 Å². The van der Waals surface area contributed by atoms with Gasteiger partial charge in [0.15, 0.2) is 0 Å². The SMILES string of the molecule is CC(C)(C)OC(=O)N[C@@H](Cc1ccccc1)[C@H](O)CNCc1cncc(C(C)(F)F)c1. The van der Waals surface area contributed by atoms with Crippen LogP contribution in [-0.2, 0) is 23.6 Å². The Morgan fingerprint density at radius 2 is 1.81 bits per heavy atom. The first kappa shape index (κ1) is 24.7. The van der Waals surface area contributed by atoms with E-state index in [1.54, 1.807) is 20.8 Å². The number of benzene rings is 1. The number of ether oxygens (including phenoxy) is 1. The molecule has 2 rings (SSSR count). The summed E-state index contributed by atoms with van der Waals surface area (Å²) in [4.78, 5) is 16.1. The molecule has 1 heterocycles. The normalized spacial score (nSPS) is 14.0. The largest absolute Gasteiger partial charge is 0.444 e. The third-order valence-electron chi connectivity index (χ3n) is 4.45. The van der Waals surface area contributed by atoms with Crippen LogP contribution in [0.5, 0.6) is 0 Å². The zero-order valence-corrected chi connectivity index (χ0v) is 18.4. The Labute approximate surface area is 182 Å². The molecule has 170 valence electrons.